The van der Waals surface area contributed by atoms with Gasteiger partial charge in [-0.05, 0) is 26.7 Å². The zero-order chi connectivity index (χ0) is 14.3. The third kappa shape index (κ3) is 3.87. The van der Waals surface area contributed by atoms with Gasteiger partial charge in [-0.3, -0.25) is 0 Å². The van der Waals surface area contributed by atoms with Gasteiger partial charge in [-0.1, -0.05) is 12.0 Å². The van der Waals surface area contributed by atoms with Gasteiger partial charge in [0.15, 0.2) is 0 Å². The molecule has 0 saturated carbocycles. The molecule has 0 N–H and O–H groups in total. The van der Waals surface area contributed by atoms with E-state index in [4.69, 9.17) is 15.9 Å². The van der Waals surface area contributed by atoms with Crippen molar-refractivity contribution in [3.05, 3.63) is 23.9 Å². The van der Waals surface area contributed by atoms with Crippen LogP contribution in [-0.4, -0.2) is 36.9 Å². The van der Waals surface area contributed by atoms with Crippen molar-refractivity contribution >= 4 is 5.97 Å². The Labute approximate surface area is 115 Å². The maximum absolute atomic E-state index is 11.9. The Kier molecular flexibility index (Phi) is 6.17. The molecule has 4 nitrogen and oxygen atoms in total. The Balaban J connectivity index is 2.90. The summed E-state index contributed by atoms with van der Waals surface area (Å²) in [4.78, 5) is 13.8. The van der Waals surface area contributed by atoms with Crippen LogP contribution >= 0.6 is 0 Å². The Morgan fingerprint density at radius 2 is 2.42 bits per heavy atom. The minimum Gasteiger partial charge on any atom is -0.463 e. The monoisotopic (exact) mass is 263 g/mol. The highest BCUT2D eigenvalue weighted by Gasteiger charge is 2.29. The first-order valence-corrected chi connectivity index (χ1v) is 6.45. The Morgan fingerprint density at radius 3 is 3.00 bits per heavy atom. The van der Waals surface area contributed by atoms with E-state index in [0.717, 1.165) is 12.1 Å². The summed E-state index contributed by atoms with van der Waals surface area (Å²) in [5.74, 6) is 2.34. The molecular formula is C15H21NO3. The third-order valence-electron chi connectivity index (χ3n) is 3.05. The lowest BCUT2D eigenvalue weighted by atomic mass is 10.0. The van der Waals surface area contributed by atoms with Crippen LogP contribution in [0.25, 0.3) is 0 Å². The van der Waals surface area contributed by atoms with E-state index in [1.807, 2.05) is 11.8 Å². The molecule has 1 atom stereocenters. The molecule has 1 aliphatic heterocycles. The van der Waals surface area contributed by atoms with Crippen molar-refractivity contribution in [3.8, 4) is 12.3 Å². The maximum atomic E-state index is 11.9. The molecule has 104 valence electrons. The molecule has 0 fully saturated rings. The summed E-state index contributed by atoms with van der Waals surface area (Å²) in [6.45, 7) is 8.57. The molecule has 0 saturated heterocycles. The smallest absolute Gasteiger partial charge is 0.335 e. The molecule has 0 aromatic rings. The van der Waals surface area contributed by atoms with Gasteiger partial charge >= 0.3 is 5.97 Å². The van der Waals surface area contributed by atoms with Gasteiger partial charge in [0.05, 0.1) is 25.3 Å². The number of ether oxygens (including phenoxy) is 2. The number of allylic oxidation sites excluding steroid dienone is 1. The summed E-state index contributed by atoms with van der Waals surface area (Å²) in [5.41, 5.74) is 1.53. The van der Waals surface area contributed by atoms with E-state index in [0.29, 0.717) is 31.8 Å². The third-order valence-corrected chi connectivity index (χ3v) is 3.05. The van der Waals surface area contributed by atoms with Crippen molar-refractivity contribution in [2.24, 2.45) is 0 Å². The molecule has 19 heavy (non-hydrogen) atoms. The average Bonchev–Trinajstić information content (AvgIpc) is 2.39. The number of hydrogen-bond acceptors (Lipinski definition) is 4. The molecule has 1 aliphatic rings. The number of nitrogens with zero attached hydrogens (tertiary/aromatic N) is 1. The van der Waals surface area contributed by atoms with E-state index in [1.54, 1.807) is 13.0 Å². The number of rotatable bonds is 6. The minimum absolute atomic E-state index is 0.104. The largest absolute Gasteiger partial charge is 0.463 e. The minimum atomic E-state index is -0.260. The standard InChI is InChI=1S/C15H21NO3/c1-5-10-16-12(4)13(15(17)18-7-3)8-9-14(16)19-11-6-2/h1,6,14H,2,7-11H2,3-4H3. The topological polar surface area (TPSA) is 38.8 Å². The van der Waals surface area contributed by atoms with Crippen LogP contribution in [0.15, 0.2) is 23.9 Å². The van der Waals surface area contributed by atoms with E-state index in [2.05, 4.69) is 12.5 Å². The van der Waals surface area contributed by atoms with E-state index in [9.17, 15) is 4.79 Å². The molecule has 0 aliphatic carbocycles. The predicted octanol–water partition coefficient (Wildman–Crippen LogP) is 2.08. The number of carbonyl (C=O) groups is 1. The normalized spacial score (nSPS) is 19.0. The molecular weight excluding hydrogens is 242 g/mol. The zero-order valence-electron chi connectivity index (χ0n) is 11.6. The lowest BCUT2D eigenvalue weighted by molar-refractivity contribution is -0.139. The number of hydrogen-bond donors (Lipinski definition) is 0. The fraction of sp³-hybridized carbons (Fsp3) is 0.533. The molecule has 1 heterocycles. The molecule has 0 amide bonds. The van der Waals surface area contributed by atoms with Crippen LogP contribution in [0.4, 0.5) is 0 Å². The van der Waals surface area contributed by atoms with E-state index in [-0.39, 0.29) is 12.2 Å². The van der Waals surface area contributed by atoms with Gasteiger partial charge in [0.25, 0.3) is 0 Å². The second kappa shape index (κ2) is 7.65. The molecule has 0 aromatic heterocycles. The first kappa shape index (κ1) is 15.3. The summed E-state index contributed by atoms with van der Waals surface area (Å²) in [6.07, 6.45) is 8.35. The highest BCUT2D eigenvalue weighted by Crippen LogP contribution is 2.28. The Bertz CT molecular complexity index is 406. The molecule has 0 bridgehead atoms. The summed E-state index contributed by atoms with van der Waals surface area (Å²) in [5, 5.41) is 0. The van der Waals surface area contributed by atoms with Crippen LogP contribution in [0.3, 0.4) is 0 Å². The summed E-state index contributed by atoms with van der Waals surface area (Å²) in [7, 11) is 0. The van der Waals surface area contributed by atoms with Crippen LogP contribution in [0.1, 0.15) is 26.7 Å². The second-order valence-electron chi connectivity index (χ2n) is 4.23. The van der Waals surface area contributed by atoms with Crippen LogP contribution in [0.2, 0.25) is 0 Å². The SMILES string of the molecule is C#CCN1C(C)=C(C(=O)OCC)CCC1OCC=C. The number of esters is 1. The van der Waals surface area contributed by atoms with Crippen molar-refractivity contribution in [3.63, 3.8) is 0 Å². The van der Waals surface area contributed by atoms with Gasteiger partial charge in [-0.2, -0.15) is 0 Å². The van der Waals surface area contributed by atoms with Gasteiger partial charge in [0.2, 0.25) is 0 Å². The van der Waals surface area contributed by atoms with Crippen LogP contribution < -0.4 is 0 Å². The molecule has 1 unspecified atom stereocenters. The first-order valence-electron chi connectivity index (χ1n) is 6.45. The van der Waals surface area contributed by atoms with Crippen molar-refractivity contribution in [2.45, 2.75) is 32.9 Å². The van der Waals surface area contributed by atoms with Gasteiger partial charge < -0.3 is 14.4 Å². The number of terminal acetylenes is 1. The lowest BCUT2D eigenvalue weighted by Gasteiger charge is -2.37. The van der Waals surface area contributed by atoms with E-state index < -0.39 is 0 Å². The van der Waals surface area contributed by atoms with Crippen molar-refractivity contribution in [1.29, 1.82) is 0 Å². The van der Waals surface area contributed by atoms with Gasteiger partial charge in [-0.25, -0.2) is 4.79 Å². The second-order valence-corrected chi connectivity index (χ2v) is 4.23. The van der Waals surface area contributed by atoms with Crippen LogP contribution in [-0.2, 0) is 14.3 Å². The first-order chi connectivity index (χ1) is 9.15. The Morgan fingerprint density at radius 1 is 1.68 bits per heavy atom. The quantitative estimate of drug-likeness (QED) is 0.418. The predicted molar refractivity (Wildman–Crippen MR) is 74.0 cm³/mol. The van der Waals surface area contributed by atoms with Crippen molar-refractivity contribution in [1.82, 2.24) is 4.90 Å². The van der Waals surface area contributed by atoms with Crippen LogP contribution in [0.5, 0.6) is 0 Å². The lowest BCUT2D eigenvalue weighted by Crippen LogP contribution is -2.41. The molecule has 0 radical (unpaired) electrons. The molecule has 1 rings (SSSR count). The van der Waals surface area contributed by atoms with Crippen LogP contribution in [0, 0.1) is 12.3 Å². The molecule has 0 spiro atoms. The molecule has 4 heteroatoms. The van der Waals surface area contributed by atoms with Gasteiger partial charge in [0, 0.05) is 5.70 Å². The summed E-state index contributed by atoms with van der Waals surface area (Å²) < 4.78 is 10.7. The fourth-order valence-corrected chi connectivity index (χ4v) is 2.13. The maximum Gasteiger partial charge on any atom is 0.335 e. The summed E-state index contributed by atoms with van der Waals surface area (Å²) in [6, 6.07) is 0. The zero-order valence-corrected chi connectivity index (χ0v) is 11.6. The fourth-order valence-electron chi connectivity index (χ4n) is 2.13. The van der Waals surface area contributed by atoms with Crippen molar-refractivity contribution in [2.75, 3.05) is 19.8 Å². The summed E-state index contributed by atoms with van der Waals surface area (Å²) >= 11 is 0. The van der Waals surface area contributed by atoms with Crippen molar-refractivity contribution < 1.29 is 14.3 Å². The molecule has 0 aromatic carbocycles. The highest BCUT2D eigenvalue weighted by atomic mass is 16.5. The average molecular weight is 263 g/mol. The van der Waals surface area contributed by atoms with E-state index in [1.165, 1.54) is 0 Å². The van der Waals surface area contributed by atoms with E-state index >= 15 is 0 Å². The van der Waals surface area contributed by atoms with Gasteiger partial charge in [-0.15, -0.1) is 13.0 Å². The van der Waals surface area contributed by atoms with Gasteiger partial charge in [0.1, 0.15) is 6.23 Å². The Hall–Kier alpha value is -1.73. The number of carbonyl (C=O) groups excluding carboxylic acids is 1. The highest BCUT2D eigenvalue weighted by molar-refractivity contribution is 5.89.